The van der Waals surface area contributed by atoms with Crippen LogP contribution in [0.4, 0.5) is 13.2 Å². The lowest BCUT2D eigenvalue weighted by Gasteiger charge is -2.22. The molecule has 0 amide bonds. The molecule has 1 aromatic rings. The van der Waals surface area contributed by atoms with E-state index in [-0.39, 0.29) is 5.71 Å². The van der Waals surface area contributed by atoms with Gasteiger partial charge in [-0.2, -0.15) is 13.2 Å². The molecular weight excluding hydrogens is 247 g/mol. The minimum Gasteiger partial charge on any atom is -0.350 e. The van der Waals surface area contributed by atoms with Crippen molar-refractivity contribution < 1.29 is 23.1 Å². The maximum absolute atomic E-state index is 12.4. The molecule has 1 aliphatic heterocycles. The van der Waals surface area contributed by atoms with E-state index in [9.17, 15) is 18.3 Å². The lowest BCUT2D eigenvalue weighted by Crippen LogP contribution is -2.45. The highest BCUT2D eigenvalue weighted by atomic mass is 19.4. The molecule has 1 atom stereocenters. The highest BCUT2D eigenvalue weighted by Gasteiger charge is 2.60. The predicted molar refractivity (Wildman–Crippen MR) is 61.0 cm³/mol. The van der Waals surface area contributed by atoms with Crippen LogP contribution in [0.3, 0.4) is 0 Å². The zero-order chi connectivity index (χ0) is 13.8. The van der Waals surface area contributed by atoms with E-state index in [1.165, 1.54) is 0 Å². The summed E-state index contributed by atoms with van der Waals surface area (Å²) in [6, 6.07) is 8.27. The van der Waals surface area contributed by atoms with Crippen LogP contribution in [0.25, 0.3) is 0 Å². The van der Waals surface area contributed by atoms with Crippen molar-refractivity contribution in [2.24, 2.45) is 5.16 Å². The van der Waals surface area contributed by atoms with E-state index >= 15 is 0 Å². The highest BCUT2D eigenvalue weighted by Crippen LogP contribution is 2.38. The fourth-order valence-corrected chi connectivity index (χ4v) is 1.36. The monoisotopic (exact) mass is 261 g/mol. The average molecular weight is 261 g/mol. The Labute approximate surface area is 103 Å². The second kappa shape index (κ2) is 5.39. The van der Waals surface area contributed by atoms with Crippen LogP contribution in [0.15, 0.2) is 35.5 Å². The van der Waals surface area contributed by atoms with E-state index in [2.05, 4.69) is 9.99 Å². The summed E-state index contributed by atoms with van der Waals surface area (Å²) < 4.78 is 37.2. The first-order valence-corrected chi connectivity index (χ1v) is 5.52. The van der Waals surface area contributed by atoms with Crippen LogP contribution in [-0.4, -0.2) is 22.8 Å². The third-order valence-electron chi connectivity index (χ3n) is 2.26. The standard InChI is InChI=1S/C10H8F3NO2.C2H6/c11-10(12,13)9(15)6-8(14-16-9)7-4-2-1-3-5-7;1-2/h1-5,15H,6H2;1-2H3. The van der Waals surface area contributed by atoms with E-state index in [4.69, 9.17) is 0 Å². The molecular formula is C12H14F3NO2. The molecule has 2 rings (SSSR count). The quantitative estimate of drug-likeness (QED) is 0.844. The van der Waals surface area contributed by atoms with Gasteiger partial charge in [0.2, 0.25) is 0 Å². The van der Waals surface area contributed by atoms with Gasteiger partial charge in [-0.15, -0.1) is 0 Å². The first-order valence-electron chi connectivity index (χ1n) is 5.52. The van der Waals surface area contributed by atoms with Gasteiger partial charge in [0.25, 0.3) is 0 Å². The number of rotatable bonds is 1. The summed E-state index contributed by atoms with van der Waals surface area (Å²) in [5.41, 5.74) is 0.586. The maximum atomic E-state index is 12.4. The highest BCUT2D eigenvalue weighted by molar-refractivity contribution is 6.01. The summed E-state index contributed by atoms with van der Waals surface area (Å²) in [6.45, 7) is 4.00. The van der Waals surface area contributed by atoms with Gasteiger partial charge in [0.15, 0.2) is 0 Å². The number of halogens is 3. The van der Waals surface area contributed by atoms with E-state index < -0.39 is 18.4 Å². The third kappa shape index (κ3) is 2.81. The number of oxime groups is 1. The fourth-order valence-electron chi connectivity index (χ4n) is 1.36. The van der Waals surface area contributed by atoms with Crippen molar-refractivity contribution in [2.45, 2.75) is 32.2 Å². The molecule has 0 saturated heterocycles. The van der Waals surface area contributed by atoms with Crippen molar-refractivity contribution in [3.05, 3.63) is 35.9 Å². The molecule has 1 heterocycles. The third-order valence-corrected chi connectivity index (χ3v) is 2.26. The Bertz CT molecular complexity index is 417. The minimum atomic E-state index is -4.85. The smallest absolute Gasteiger partial charge is 0.350 e. The molecule has 0 aromatic heterocycles. The number of benzene rings is 1. The molecule has 6 heteroatoms. The molecule has 0 fully saturated rings. The molecule has 100 valence electrons. The number of aliphatic hydroxyl groups is 1. The van der Waals surface area contributed by atoms with E-state index in [0.717, 1.165) is 0 Å². The summed E-state index contributed by atoms with van der Waals surface area (Å²) in [5.74, 6) is -3.20. The number of nitrogens with zero attached hydrogens (tertiary/aromatic N) is 1. The Morgan fingerprint density at radius 2 is 1.78 bits per heavy atom. The maximum Gasteiger partial charge on any atom is 0.458 e. The average Bonchev–Trinajstić information content (AvgIpc) is 2.77. The molecule has 1 unspecified atom stereocenters. The Hall–Kier alpha value is -1.56. The lowest BCUT2D eigenvalue weighted by atomic mass is 10.0. The van der Waals surface area contributed by atoms with Gasteiger partial charge in [0.05, 0.1) is 12.1 Å². The van der Waals surface area contributed by atoms with E-state index in [1.807, 2.05) is 13.8 Å². The van der Waals surface area contributed by atoms with Crippen molar-refractivity contribution in [1.29, 1.82) is 0 Å². The molecule has 1 N–H and O–H groups in total. The van der Waals surface area contributed by atoms with Gasteiger partial charge in [-0.05, 0) is 5.56 Å². The van der Waals surface area contributed by atoms with Crippen LogP contribution >= 0.6 is 0 Å². The van der Waals surface area contributed by atoms with Crippen molar-refractivity contribution in [3.63, 3.8) is 0 Å². The lowest BCUT2D eigenvalue weighted by molar-refractivity contribution is -0.355. The van der Waals surface area contributed by atoms with Crippen LogP contribution in [0.2, 0.25) is 0 Å². The fraction of sp³-hybridized carbons (Fsp3) is 0.417. The molecule has 0 spiro atoms. The van der Waals surface area contributed by atoms with Crippen LogP contribution in [0.1, 0.15) is 25.8 Å². The van der Waals surface area contributed by atoms with Crippen molar-refractivity contribution in [1.82, 2.24) is 0 Å². The summed E-state index contributed by atoms with van der Waals surface area (Å²) in [5, 5.41) is 12.5. The summed E-state index contributed by atoms with van der Waals surface area (Å²) in [4.78, 5) is 4.09. The molecule has 18 heavy (non-hydrogen) atoms. The predicted octanol–water partition coefficient (Wildman–Crippen LogP) is 3.09. The largest absolute Gasteiger partial charge is 0.458 e. The van der Waals surface area contributed by atoms with Gasteiger partial charge < -0.3 is 9.94 Å². The zero-order valence-corrected chi connectivity index (χ0v) is 10.0. The molecule has 1 aromatic carbocycles. The Balaban J connectivity index is 0.000000771. The molecule has 3 nitrogen and oxygen atoms in total. The minimum absolute atomic E-state index is 0.0837. The summed E-state index contributed by atoms with van der Waals surface area (Å²) >= 11 is 0. The SMILES string of the molecule is CC.OC1(C(F)(F)F)CC(c2ccccc2)=NO1. The molecule has 1 aliphatic rings. The topological polar surface area (TPSA) is 41.8 Å². The first-order chi connectivity index (χ1) is 8.42. The van der Waals surface area contributed by atoms with Gasteiger partial charge >= 0.3 is 12.0 Å². The normalized spacial score (nSPS) is 22.7. The second-order valence-electron chi connectivity index (χ2n) is 3.45. The number of hydrogen-bond acceptors (Lipinski definition) is 3. The van der Waals surface area contributed by atoms with Gasteiger partial charge in [0, 0.05) is 0 Å². The molecule has 0 aliphatic carbocycles. The summed E-state index contributed by atoms with van der Waals surface area (Å²) in [6.07, 6.45) is -5.55. The molecule has 0 radical (unpaired) electrons. The van der Waals surface area contributed by atoms with Crippen molar-refractivity contribution in [3.8, 4) is 0 Å². The van der Waals surface area contributed by atoms with Gasteiger partial charge in [-0.25, -0.2) is 0 Å². The second-order valence-corrected chi connectivity index (χ2v) is 3.45. The van der Waals surface area contributed by atoms with Gasteiger partial charge in [0.1, 0.15) is 0 Å². The Morgan fingerprint density at radius 1 is 1.22 bits per heavy atom. The molecule has 0 bridgehead atoms. The van der Waals surface area contributed by atoms with Crippen molar-refractivity contribution >= 4 is 5.71 Å². The van der Waals surface area contributed by atoms with Crippen LogP contribution in [-0.2, 0) is 4.84 Å². The van der Waals surface area contributed by atoms with Gasteiger partial charge in [-0.1, -0.05) is 49.3 Å². The van der Waals surface area contributed by atoms with E-state index in [1.54, 1.807) is 30.3 Å². The van der Waals surface area contributed by atoms with Gasteiger partial charge in [-0.3, -0.25) is 0 Å². The Kier molecular flexibility index (Phi) is 4.34. The zero-order valence-electron chi connectivity index (χ0n) is 10.0. The first kappa shape index (κ1) is 14.5. The number of hydrogen-bond donors (Lipinski definition) is 1. The van der Waals surface area contributed by atoms with E-state index in [0.29, 0.717) is 5.56 Å². The van der Waals surface area contributed by atoms with Crippen LogP contribution in [0, 0.1) is 0 Å². The Morgan fingerprint density at radius 3 is 2.22 bits per heavy atom. The molecule has 0 saturated carbocycles. The number of alkyl halides is 3. The van der Waals surface area contributed by atoms with Crippen molar-refractivity contribution in [2.75, 3.05) is 0 Å². The summed E-state index contributed by atoms with van der Waals surface area (Å²) in [7, 11) is 0. The van der Waals surface area contributed by atoms with Crippen LogP contribution < -0.4 is 0 Å². The van der Waals surface area contributed by atoms with Crippen LogP contribution in [0.5, 0.6) is 0 Å².